The van der Waals surface area contributed by atoms with Gasteiger partial charge < -0.3 is 20.0 Å². The summed E-state index contributed by atoms with van der Waals surface area (Å²) in [5.41, 5.74) is 3.47. The summed E-state index contributed by atoms with van der Waals surface area (Å²) in [6.07, 6.45) is 1.98. The van der Waals surface area contributed by atoms with E-state index in [-0.39, 0.29) is 30.2 Å². The molecule has 0 saturated carbocycles. The molecule has 3 heterocycles. The third-order valence-corrected chi connectivity index (χ3v) is 6.51. The number of carbonyl (C=O) groups excluding carboxylic acids is 1. The predicted molar refractivity (Wildman–Crippen MR) is 141 cm³/mol. The first kappa shape index (κ1) is 23.7. The van der Waals surface area contributed by atoms with Crippen LogP contribution in [0.3, 0.4) is 0 Å². The summed E-state index contributed by atoms with van der Waals surface area (Å²) in [6.45, 7) is 2.39. The Hall–Kier alpha value is -4.04. The highest BCUT2D eigenvalue weighted by atomic mass is 32.1. The Morgan fingerprint density at radius 2 is 1.86 bits per heavy atom. The molecule has 5 rings (SSSR count). The minimum atomic E-state index is -0.311. The highest BCUT2D eigenvalue weighted by Crippen LogP contribution is 2.40. The number of nitrogens with zero attached hydrogens (tertiary/aromatic N) is 2. The van der Waals surface area contributed by atoms with Crippen LogP contribution in [0.5, 0.6) is 0 Å². The van der Waals surface area contributed by atoms with Gasteiger partial charge in [0.05, 0.1) is 11.7 Å². The van der Waals surface area contributed by atoms with Crippen LogP contribution in [0.25, 0.3) is 11.3 Å². The summed E-state index contributed by atoms with van der Waals surface area (Å²) in [5.74, 6) is 0.894. The van der Waals surface area contributed by atoms with Crippen molar-refractivity contribution in [2.75, 3.05) is 11.9 Å². The van der Waals surface area contributed by atoms with Gasteiger partial charge in [-0.1, -0.05) is 23.8 Å². The van der Waals surface area contributed by atoms with E-state index < -0.39 is 0 Å². The van der Waals surface area contributed by atoms with Crippen molar-refractivity contribution >= 4 is 28.9 Å². The van der Waals surface area contributed by atoms with Crippen LogP contribution in [0, 0.1) is 12.7 Å². The van der Waals surface area contributed by atoms with E-state index in [9.17, 15) is 9.18 Å². The minimum absolute atomic E-state index is 0.104. The van der Waals surface area contributed by atoms with Crippen molar-refractivity contribution < 1.29 is 13.6 Å². The number of furan rings is 1. The molecular formula is C28H25FN4O2S. The maximum Gasteiger partial charge on any atom is 0.226 e. The summed E-state index contributed by atoms with van der Waals surface area (Å²) in [4.78, 5) is 19.2. The average Bonchev–Trinajstić information content (AvgIpc) is 3.50. The number of rotatable bonds is 7. The number of amides is 1. The minimum Gasteiger partial charge on any atom is -0.459 e. The van der Waals surface area contributed by atoms with E-state index in [1.807, 2.05) is 66.4 Å². The molecule has 182 valence electrons. The van der Waals surface area contributed by atoms with E-state index in [1.165, 1.54) is 12.1 Å². The molecule has 2 N–H and O–H groups in total. The number of carbonyl (C=O) groups is 1. The van der Waals surface area contributed by atoms with Crippen molar-refractivity contribution in [1.29, 1.82) is 0 Å². The van der Waals surface area contributed by atoms with Gasteiger partial charge in [0.25, 0.3) is 0 Å². The zero-order valence-corrected chi connectivity index (χ0v) is 20.5. The Bertz CT molecular complexity index is 1360. The van der Waals surface area contributed by atoms with E-state index in [4.69, 9.17) is 16.6 Å². The van der Waals surface area contributed by atoms with Crippen LogP contribution in [0.2, 0.25) is 0 Å². The van der Waals surface area contributed by atoms with E-state index in [2.05, 4.69) is 15.6 Å². The number of benzene rings is 2. The van der Waals surface area contributed by atoms with Crippen molar-refractivity contribution in [3.8, 4) is 11.3 Å². The zero-order chi connectivity index (χ0) is 25.1. The standard InChI is InChI=1S/C28H25FN4O2S/c1-18-5-11-21(12-6-18)31-25(34)15-17-33-27(26(32-28(33)36)22-4-2-3-16-30-22)24-14-13-23(35-24)19-7-9-20(29)10-8-19/h2-14,16,26-27H,15,17H2,1H3,(H,31,34)(H,32,36)/t26-,27-/m0/s1. The fourth-order valence-electron chi connectivity index (χ4n) is 4.32. The first-order valence-corrected chi connectivity index (χ1v) is 12.1. The monoisotopic (exact) mass is 500 g/mol. The molecule has 2 aromatic heterocycles. The number of thiocarbonyl (C=S) groups is 1. The Kier molecular flexibility index (Phi) is 6.77. The van der Waals surface area contributed by atoms with Crippen molar-refractivity contribution in [3.63, 3.8) is 0 Å². The number of hydrogen-bond donors (Lipinski definition) is 2. The molecule has 4 aromatic rings. The highest BCUT2D eigenvalue weighted by molar-refractivity contribution is 7.80. The molecule has 2 aromatic carbocycles. The Morgan fingerprint density at radius 1 is 1.08 bits per heavy atom. The SMILES string of the molecule is Cc1ccc(NC(=O)CCN2C(=S)N[C@@H](c3ccccn3)[C@@H]2c2ccc(-c3ccc(F)cc3)o2)cc1. The topological polar surface area (TPSA) is 70.4 Å². The molecule has 1 fully saturated rings. The Balaban J connectivity index is 1.38. The lowest BCUT2D eigenvalue weighted by molar-refractivity contribution is -0.116. The van der Waals surface area contributed by atoms with Gasteiger partial charge in [-0.25, -0.2) is 4.39 Å². The molecule has 0 aliphatic carbocycles. The highest BCUT2D eigenvalue weighted by Gasteiger charge is 2.41. The molecule has 36 heavy (non-hydrogen) atoms. The number of hydrogen-bond acceptors (Lipinski definition) is 4. The van der Waals surface area contributed by atoms with E-state index in [1.54, 1.807) is 18.3 Å². The van der Waals surface area contributed by atoms with Gasteiger partial charge in [0.15, 0.2) is 5.11 Å². The third-order valence-electron chi connectivity index (χ3n) is 6.16. The molecule has 0 spiro atoms. The second kappa shape index (κ2) is 10.3. The first-order chi connectivity index (χ1) is 17.5. The molecule has 0 bridgehead atoms. The second-order valence-corrected chi connectivity index (χ2v) is 9.08. The van der Waals surface area contributed by atoms with Crippen LogP contribution in [0.1, 0.15) is 35.5 Å². The lowest BCUT2D eigenvalue weighted by atomic mass is 10.0. The predicted octanol–water partition coefficient (Wildman–Crippen LogP) is 5.79. The molecule has 0 radical (unpaired) electrons. The molecule has 2 atom stereocenters. The van der Waals surface area contributed by atoms with Crippen LogP contribution in [-0.2, 0) is 4.79 Å². The smallest absolute Gasteiger partial charge is 0.226 e. The Labute approximate surface area is 214 Å². The summed E-state index contributed by atoms with van der Waals surface area (Å²) in [5, 5.41) is 6.82. The summed E-state index contributed by atoms with van der Waals surface area (Å²) >= 11 is 5.68. The van der Waals surface area contributed by atoms with E-state index >= 15 is 0 Å². The van der Waals surface area contributed by atoms with Crippen molar-refractivity contribution in [1.82, 2.24) is 15.2 Å². The average molecular weight is 501 g/mol. The molecule has 1 amide bonds. The number of pyridine rings is 1. The van der Waals surface area contributed by atoms with Gasteiger partial charge in [0.2, 0.25) is 5.91 Å². The molecule has 8 heteroatoms. The quantitative estimate of drug-likeness (QED) is 0.313. The van der Waals surface area contributed by atoms with Gasteiger partial charge in [-0.05, 0) is 79.8 Å². The summed E-state index contributed by atoms with van der Waals surface area (Å²) < 4.78 is 19.6. The van der Waals surface area contributed by atoms with Gasteiger partial charge in [-0.2, -0.15) is 0 Å². The van der Waals surface area contributed by atoms with Gasteiger partial charge in [-0.3, -0.25) is 9.78 Å². The third kappa shape index (κ3) is 5.13. The van der Waals surface area contributed by atoms with Gasteiger partial charge >= 0.3 is 0 Å². The molecule has 1 aliphatic heterocycles. The van der Waals surface area contributed by atoms with Crippen LogP contribution >= 0.6 is 12.2 Å². The number of aryl methyl sites for hydroxylation is 1. The molecular weight excluding hydrogens is 475 g/mol. The molecule has 0 unspecified atom stereocenters. The van der Waals surface area contributed by atoms with E-state index in [0.29, 0.717) is 23.2 Å². The van der Waals surface area contributed by atoms with Gasteiger partial charge in [-0.15, -0.1) is 0 Å². The van der Waals surface area contributed by atoms with Crippen molar-refractivity contribution in [2.45, 2.75) is 25.4 Å². The van der Waals surface area contributed by atoms with Gasteiger partial charge in [0.1, 0.15) is 23.4 Å². The van der Waals surface area contributed by atoms with E-state index in [0.717, 1.165) is 22.5 Å². The molecule has 6 nitrogen and oxygen atoms in total. The van der Waals surface area contributed by atoms with Crippen LogP contribution in [0.15, 0.2) is 89.5 Å². The van der Waals surface area contributed by atoms with Gasteiger partial charge in [0, 0.05) is 30.4 Å². The lowest BCUT2D eigenvalue weighted by Gasteiger charge is -2.25. The fraction of sp³-hybridized carbons (Fsp3) is 0.179. The van der Waals surface area contributed by atoms with Crippen molar-refractivity contribution in [2.24, 2.45) is 0 Å². The zero-order valence-electron chi connectivity index (χ0n) is 19.6. The summed E-state index contributed by atoms with van der Waals surface area (Å²) in [6, 6.07) is 22.8. The molecule has 1 saturated heterocycles. The fourth-order valence-corrected chi connectivity index (χ4v) is 4.65. The first-order valence-electron chi connectivity index (χ1n) is 11.7. The van der Waals surface area contributed by atoms with Crippen LogP contribution < -0.4 is 10.6 Å². The summed E-state index contributed by atoms with van der Waals surface area (Å²) in [7, 11) is 0. The number of halogens is 1. The van der Waals surface area contributed by atoms with Crippen LogP contribution in [0.4, 0.5) is 10.1 Å². The Morgan fingerprint density at radius 3 is 2.58 bits per heavy atom. The van der Waals surface area contributed by atoms with Crippen molar-refractivity contribution in [3.05, 3.63) is 108 Å². The second-order valence-electron chi connectivity index (χ2n) is 8.69. The maximum absolute atomic E-state index is 13.4. The largest absolute Gasteiger partial charge is 0.459 e. The van der Waals surface area contributed by atoms with Crippen LogP contribution in [-0.4, -0.2) is 27.4 Å². The molecule has 1 aliphatic rings. The number of anilines is 1. The number of nitrogens with one attached hydrogen (secondary N) is 2. The maximum atomic E-state index is 13.4. The lowest BCUT2D eigenvalue weighted by Crippen LogP contribution is -2.32. The normalized spacial score (nSPS) is 17.2. The number of aromatic nitrogens is 1.